The highest BCUT2D eigenvalue weighted by atomic mass is 16.5. The lowest BCUT2D eigenvalue weighted by atomic mass is 10.1. The lowest BCUT2D eigenvalue weighted by Gasteiger charge is -2.13. The molecule has 4 nitrogen and oxygen atoms in total. The van der Waals surface area contributed by atoms with E-state index in [0.717, 1.165) is 0 Å². The van der Waals surface area contributed by atoms with E-state index in [4.69, 9.17) is 4.74 Å². The number of ether oxygens (including phenoxy) is 1. The number of benzene rings is 2. The number of hydrogen-bond donors (Lipinski definition) is 2. The van der Waals surface area contributed by atoms with Crippen LogP contribution in [0.3, 0.4) is 0 Å². The Morgan fingerprint density at radius 2 is 1.74 bits per heavy atom. The molecular weight excluding hydrogens is 242 g/mol. The van der Waals surface area contributed by atoms with Gasteiger partial charge in [-0.25, -0.2) is 0 Å². The number of para-hydroxylation sites is 2. The molecule has 0 heterocycles. The molecule has 0 saturated heterocycles. The van der Waals surface area contributed by atoms with Gasteiger partial charge in [0.05, 0.1) is 12.8 Å². The van der Waals surface area contributed by atoms with Gasteiger partial charge in [0.2, 0.25) is 0 Å². The Morgan fingerprint density at radius 1 is 1.11 bits per heavy atom. The van der Waals surface area contributed by atoms with Crippen LogP contribution in [0, 0.1) is 0 Å². The number of aliphatic hydroxyl groups excluding tert-OH is 1. The smallest absolute Gasteiger partial charge is 0.257 e. The number of aliphatic hydroxyl groups is 1. The second-order valence-corrected chi connectivity index (χ2v) is 4.00. The first-order valence-electron chi connectivity index (χ1n) is 5.89. The average Bonchev–Trinajstić information content (AvgIpc) is 2.48. The van der Waals surface area contributed by atoms with Crippen LogP contribution < -0.4 is 10.1 Å². The summed E-state index contributed by atoms with van der Waals surface area (Å²) in [4.78, 5) is 12.0. The van der Waals surface area contributed by atoms with E-state index in [1.807, 2.05) is 12.1 Å². The van der Waals surface area contributed by atoms with Crippen LogP contribution in [-0.4, -0.2) is 18.1 Å². The molecule has 1 atom stereocenters. The quantitative estimate of drug-likeness (QED) is 0.884. The van der Waals surface area contributed by atoms with Gasteiger partial charge in [0, 0.05) is 0 Å². The fourth-order valence-electron chi connectivity index (χ4n) is 1.74. The highest BCUT2D eigenvalue weighted by molar-refractivity contribution is 5.95. The first kappa shape index (κ1) is 13.1. The van der Waals surface area contributed by atoms with E-state index >= 15 is 0 Å². The highest BCUT2D eigenvalue weighted by Gasteiger charge is 2.18. The van der Waals surface area contributed by atoms with Gasteiger partial charge in [-0.1, -0.05) is 42.5 Å². The van der Waals surface area contributed by atoms with E-state index in [1.165, 1.54) is 7.11 Å². The minimum absolute atomic E-state index is 0.490. The van der Waals surface area contributed by atoms with Crippen molar-refractivity contribution in [2.45, 2.75) is 6.10 Å². The molecule has 98 valence electrons. The molecule has 4 heteroatoms. The Hall–Kier alpha value is -2.33. The summed E-state index contributed by atoms with van der Waals surface area (Å²) in [6.45, 7) is 0. The third kappa shape index (κ3) is 3.11. The Morgan fingerprint density at radius 3 is 2.42 bits per heavy atom. The molecule has 0 spiro atoms. The van der Waals surface area contributed by atoms with Crippen molar-refractivity contribution < 1.29 is 14.6 Å². The molecule has 0 bridgehead atoms. The first-order valence-corrected chi connectivity index (χ1v) is 5.89. The zero-order valence-electron chi connectivity index (χ0n) is 10.5. The molecule has 2 aromatic rings. The van der Waals surface area contributed by atoms with Crippen molar-refractivity contribution in [3.8, 4) is 5.75 Å². The van der Waals surface area contributed by atoms with Crippen LogP contribution in [0.25, 0.3) is 0 Å². The van der Waals surface area contributed by atoms with E-state index in [-0.39, 0.29) is 0 Å². The summed E-state index contributed by atoms with van der Waals surface area (Å²) < 4.78 is 5.14. The van der Waals surface area contributed by atoms with E-state index in [1.54, 1.807) is 42.5 Å². The summed E-state index contributed by atoms with van der Waals surface area (Å²) in [5, 5.41) is 12.6. The molecule has 0 aliphatic heterocycles. The van der Waals surface area contributed by atoms with Gasteiger partial charge in [-0.3, -0.25) is 4.79 Å². The molecule has 0 radical (unpaired) electrons. The number of methoxy groups -OCH3 is 1. The number of carbonyl (C=O) groups is 1. The van der Waals surface area contributed by atoms with Crippen LogP contribution >= 0.6 is 0 Å². The van der Waals surface area contributed by atoms with Crippen molar-refractivity contribution in [2.24, 2.45) is 0 Å². The van der Waals surface area contributed by atoms with Crippen LogP contribution in [0.4, 0.5) is 5.69 Å². The molecule has 0 fully saturated rings. The van der Waals surface area contributed by atoms with E-state index < -0.39 is 12.0 Å². The molecule has 1 amide bonds. The minimum atomic E-state index is -1.20. The van der Waals surface area contributed by atoms with Crippen molar-refractivity contribution >= 4 is 11.6 Å². The van der Waals surface area contributed by atoms with Crippen LogP contribution in [0.5, 0.6) is 5.75 Å². The molecule has 19 heavy (non-hydrogen) atoms. The molecule has 2 N–H and O–H groups in total. The second kappa shape index (κ2) is 6.02. The van der Waals surface area contributed by atoms with Gasteiger partial charge < -0.3 is 15.2 Å². The predicted octanol–water partition coefficient (Wildman–Crippen LogP) is 2.37. The van der Waals surface area contributed by atoms with Crippen LogP contribution in [0.2, 0.25) is 0 Å². The lowest BCUT2D eigenvalue weighted by Crippen LogP contribution is -2.21. The van der Waals surface area contributed by atoms with E-state index in [9.17, 15) is 9.90 Å². The van der Waals surface area contributed by atoms with Gasteiger partial charge in [0.1, 0.15) is 5.75 Å². The fraction of sp³-hybridized carbons (Fsp3) is 0.133. The first-order chi connectivity index (χ1) is 9.22. The predicted molar refractivity (Wildman–Crippen MR) is 73.0 cm³/mol. The van der Waals surface area contributed by atoms with Gasteiger partial charge in [-0.05, 0) is 17.7 Å². The molecule has 0 aliphatic rings. The maximum absolute atomic E-state index is 12.0. The summed E-state index contributed by atoms with van der Waals surface area (Å²) in [6, 6.07) is 15.8. The Kier molecular flexibility index (Phi) is 4.15. The standard InChI is InChI=1S/C15H15NO3/c1-19-13-10-6-5-9-12(13)16-15(18)14(17)11-7-3-2-4-8-11/h2-10,14,17H,1H3,(H,16,18). The van der Waals surface area contributed by atoms with Gasteiger partial charge in [0.15, 0.2) is 6.10 Å². The second-order valence-electron chi connectivity index (χ2n) is 4.00. The van der Waals surface area contributed by atoms with Crippen molar-refractivity contribution in [2.75, 3.05) is 12.4 Å². The third-order valence-electron chi connectivity index (χ3n) is 2.73. The molecular formula is C15H15NO3. The van der Waals surface area contributed by atoms with Gasteiger partial charge >= 0.3 is 0 Å². The number of amides is 1. The summed E-state index contributed by atoms with van der Waals surface area (Å²) >= 11 is 0. The highest BCUT2D eigenvalue weighted by Crippen LogP contribution is 2.24. The zero-order chi connectivity index (χ0) is 13.7. The maximum atomic E-state index is 12.0. The Bertz CT molecular complexity index is 554. The minimum Gasteiger partial charge on any atom is -0.495 e. The summed E-state index contributed by atoms with van der Waals surface area (Å²) in [5.41, 5.74) is 1.08. The van der Waals surface area contributed by atoms with Crippen molar-refractivity contribution in [1.29, 1.82) is 0 Å². The largest absolute Gasteiger partial charge is 0.495 e. The van der Waals surface area contributed by atoms with E-state index in [0.29, 0.717) is 17.0 Å². The average molecular weight is 257 g/mol. The monoisotopic (exact) mass is 257 g/mol. The summed E-state index contributed by atoms with van der Waals surface area (Å²) in [5.74, 6) is 0.0619. The summed E-state index contributed by atoms with van der Waals surface area (Å²) in [6.07, 6.45) is -1.20. The van der Waals surface area contributed by atoms with Gasteiger partial charge in [0.25, 0.3) is 5.91 Å². The topological polar surface area (TPSA) is 58.6 Å². The number of carbonyl (C=O) groups excluding carboxylic acids is 1. The SMILES string of the molecule is COc1ccccc1NC(=O)C(O)c1ccccc1. The normalized spacial score (nSPS) is 11.7. The van der Waals surface area contributed by atoms with Crippen molar-refractivity contribution in [3.63, 3.8) is 0 Å². The fourth-order valence-corrected chi connectivity index (χ4v) is 1.74. The van der Waals surface area contributed by atoms with Gasteiger partial charge in [-0.15, -0.1) is 0 Å². The van der Waals surface area contributed by atoms with Crippen LogP contribution in [-0.2, 0) is 4.79 Å². The number of rotatable bonds is 4. The van der Waals surface area contributed by atoms with Gasteiger partial charge in [-0.2, -0.15) is 0 Å². The van der Waals surface area contributed by atoms with Crippen molar-refractivity contribution in [3.05, 3.63) is 60.2 Å². The zero-order valence-corrected chi connectivity index (χ0v) is 10.5. The Balaban J connectivity index is 2.13. The molecule has 0 aromatic heterocycles. The van der Waals surface area contributed by atoms with Crippen molar-refractivity contribution in [1.82, 2.24) is 0 Å². The number of nitrogens with one attached hydrogen (secondary N) is 1. The molecule has 0 saturated carbocycles. The summed E-state index contributed by atoms with van der Waals surface area (Å²) in [7, 11) is 1.53. The molecule has 1 unspecified atom stereocenters. The van der Waals surface area contributed by atoms with Crippen LogP contribution in [0.1, 0.15) is 11.7 Å². The maximum Gasteiger partial charge on any atom is 0.257 e. The number of anilines is 1. The molecule has 2 rings (SSSR count). The van der Waals surface area contributed by atoms with E-state index in [2.05, 4.69) is 5.32 Å². The molecule has 2 aromatic carbocycles. The third-order valence-corrected chi connectivity index (χ3v) is 2.73. The molecule has 0 aliphatic carbocycles. The van der Waals surface area contributed by atoms with Crippen LogP contribution in [0.15, 0.2) is 54.6 Å². The lowest BCUT2D eigenvalue weighted by molar-refractivity contribution is -0.124. The number of hydrogen-bond acceptors (Lipinski definition) is 3. The Labute approximate surface area is 111 Å².